The van der Waals surface area contributed by atoms with Gasteiger partial charge in [-0.1, -0.05) is 19.1 Å². The molecule has 2 unspecified atom stereocenters. The Labute approximate surface area is 129 Å². The van der Waals surface area contributed by atoms with Gasteiger partial charge in [0.1, 0.15) is 11.9 Å². The van der Waals surface area contributed by atoms with E-state index < -0.39 is 0 Å². The Kier molecular flexibility index (Phi) is 5.52. The summed E-state index contributed by atoms with van der Waals surface area (Å²) in [5.74, 6) is 0.918. The first-order valence-electron chi connectivity index (χ1n) is 6.76. The third-order valence-corrected chi connectivity index (χ3v) is 5.20. The molecule has 2 atom stereocenters. The Bertz CT molecular complexity index is 553. The van der Waals surface area contributed by atoms with Crippen LogP contribution >= 0.6 is 23.1 Å². The van der Waals surface area contributed by atoms with Crippen molar-refractivity contribution in [3.8, 4) is 5.75 Å². The summed E-state index contributed by atoms with van der Waals surface area (Å²) in [7, 11) is 0. The van der Waals surface area contributed by atoms with Gasteiger partial charge in [0.05, 0.1) is 0 Å². The second-order valence-electron chi connectivity index (χ2n) is 4.73. The van der Waals surface area contributed by atoms with Crippen molar-refractivity contribution >= 4 is 23.1 Å². The molecular weight excluding hydrogens is 286 g/mol. The van der Waals surface area contributed by atoms with Gasteiger partial charge in [-0.15, -0.1) is 23.1 Å². The number of rotatable bonds is 6. The summed E-state index contributed by atoms with van der Waals surface area (Å²) in [5.41, 5.74) is 7.55. The summed E-state index contributed by atoms with van der Waals surface area (Å²) in [6.45, 7) is 4.22. The van der Waals surface area contributed by atoms with Crippen molar-refractivity contribution in [3.63, 3.8) is 0 Å². The Hall–Kier alpha value is -0.970. The summed E-state index contributed by atoms with van der Waals surface area (Å²) in [5, 5.41) is 2.10. The molecule has 0 aliphatic carbocycles. The van der Waals surface area contributed by atoms with Crippen LogP contribution in [0.2, 0.25) is 0 Å². The van der Waals surface area contributed by atoms with Crippen molar-refractivity contribution in [2.24, 2.45) is 5.73 Å². The molecule has 1 aromatic carbocycles. The van der Waals surface area contributed by atoms with Crippen molar-refractivity contribution in [3.05, 3.63) is 46.2 Å². The van der Waals surface area contributed by atoms with Crippen molar-refractivity contribution in [2.45, 2.75) is 37.3 Å². The van der Waals surface area contributed by atoms with Crippen LogP contribution in [0.25, 0.3) is 0 Å². The molecule has 2 nitrogen and oxygen atoms in total. The first-order chi connectivity index (χ1) is 9.67. The van der Waals surface area contributed by atoms with Gasteiger partial charge in [-0.25, -0.2) is 0 Å². The minimum atomic E-state index is -0.0756. The topological polar surface area (TPSA) is 35.2 Å². The van der Waals surface area contributed by atoms with Gasteiger partial charge in [-0.2, -0.15) is 0 Å². The van der Waals surface area contributed by atoms with E-state index in [1.807, 2.05) is 18.2 Å². The molecule has 0 aliphatic rings. The molecule has 2 N–H and O–H groups in total. The summed E-state index contributed by atoms with van der Waals surface area (Å²) >= 11 is 3.42. The molecule has 1 heterocycles. The third-order valence-electron chi connectivity index (χ3n) is 3.34. The Morgan fingerprint density at radius 1 is 1.30 bits per heavy atom. The van der Waals surface area contributed by atoms with Gasteiger partial charge in [-0.05, 0) is 48.7 Å². The normalized spacial score (nSPS) is 14.0. The third kappa shape index (κ3) is 3.37. The Morgan fingerprint density at radius 2 is 2.05 bits per heavy atom. The fraction of sp³-hybridized carbons (Fsp3) is 0.375. The smallest absolute Gasteiger partial charge is 0.148 e. The first kappa shape index (κ1) is 15.4. The monoisotopic (exact) mass is 307 g/mol. The highest BCUT2D eigenvalue weighted by Crippen LogP contribution is 2.35. The van der Waals surface area contributed by atoms with Crippen molar-refractivity contribution < 1.29 is 4.74 Å². The van der Waals surface area contributed by atoms with Crippen LogP contribution in [-0.2, 0) is 0 Å². The molecule has 2 aromatic rings. The molecule has 108 valence electrons. The summed E-state index contributed by atoms with van der Waals surface area (Å²) in [4.78, 5) is 2.38. The highest BCUT2D eigenvalue weighted by Gasteiger charge is 2.24. The average molecular weight is 307 g/mol. The standard InChI is InChI=1S/C16H21NOS2/c1-4-12(17)15(16-11(2)9-10-20-16)18-13-7-5-6-8-14(13)19-3/h5-10,12,15H,4,17H2,1-3H3. The number of nitrogens with two attached hydrogens (primary N) is 1. The van der Waals surface area contributed by atoms with Gasteiger partial charge in [-0.3, -0.25) is 0 Å². The number of para-hydroxylation sites is 1. The number of hydrogen-bond acceptors (Lipinski definition) is 4. The Morgan fingerprint density at radius 3 is 2.65 bits per heavy atom. The molecule has 0 saturated heterocycles. The zero-order valence-electron chi connectivity index (χ0n) is 12.1. The number of aryl methyl sites for hydroxylation is 1. The van der Waals surface area contributed by atoms with Gasteiger partial charge in [0, 0.05) is 15.8 Å². The summed E-state index contributed by atoms with van der Waals surface area (Å²) < 4.78 is 6.28. The van der Waals surface area contributed by atoms with Crippen LogP contribution in [0.4, 0.5) is 0 Å². The van der Waals surface area contributed by atoms with Crippen LogP contribution in [0.3, 0.4) is 0 Å². The molecule has 0 fully saturated rings. The van der Waals surface area contributed by atoms with Crippen LogP contribution < -0.4 is 10.5 Å². The molecule has 0 radical (unpaired) electrons. The quantitative estimate of drug-likeness (QED) is 0.790. The maximum atomic E-state index is 6.29. The molecule has 4 heteroatoms. The summed E-state index contributed by atoms with van der Waals surface area (Å²) in [6, 6.07) is 10.3. The predicted octanol–water partition coefficient (Wildman–Crippen LogP) is 4.64. The number of thioether (sulfide) groups is 1. The van der Waals surface area contributed by atoms with E-state index >= 15 is 0 Å². The number of ether oxygens (including phenoxy) is 1. The Balaban J connectivity index is 2.31. The SMILES string of the molecule is CCC(N)C(Oc1ccccc1SC)c1sccc1C. The summed E-state index contributed by atoms with van der Waals surface area (Å²) in [6.07, 6.45) is 2.88. The van der Waals surface area contributed by atoms with E-state index in [2.05, 4.69) is 37.6 Å². The maximum Gasteiger partial charge on any atom is 0.148 e. The molecule has 20 heavy (non-hydrogen) atoms. The van der Waals surface area contributed by atoms with E-state index in [0.717, 1.165) is 17.1 Å². The minimum Gasteiger partial charge on any atom is -0.482 e. The van der Waals surface area contributed by atoms with E-state index in [4.69, 9.17) is 10.5 Å². The van der Waals surface area contributed by atoms with Gasteiger partial charge in [0.15, 0.2) is 0 Å². The molecule has 0 spiro atoms. The van der Waals surface area contributed by atoms with Gasteiger partial charge < -0.3 is 10.5 Å². The zero-order valence-corrected chi connectivity index (χ0v) is 13.8. The lowest BCUT2D eigenvalue weighted by Crippen LogP contribution is -2.31. The van der Waals surface area contributed by atoms with Crippen LogP contribution in [-0.4, -0.2) is 12.3 Å². The van der Waals surface area contributed by atoms with E-state index in [1.165, 1.54) is 10.4 Å². The second-order valence-corrected chi connectivity index (χ2v) is 6.53. The average Bonchev–Trinajstić information content (AvgIpc) is 2.90. The number of thiophene rings is 1. The van der Waals surface area contributed by atoms with Gasteiger partial charge in [0.2, 0.25) is 0 Å². The second kappa shape index (κ2) is 7.16. The van der Waals surface area contributed by atoms with E-state index in [-0.39, 0.29) is 12.1 Å². The van der Waals surface area contributed by atoms with Crippen LogP contribution in [0.5, 0.6) is 5.75 Å². The largest absolute Gasteiger partial charge is 0.482 e. The molecule has 0 aliphatic heterocycles. The molecule has 1 aromatic heterocycles. The van der Waals surface area contributed by atoms with Gasteiger partial charge >= 0.3 is 0 Å². The number of hydrogen-bond donors (Lipinski definition) is 1. The molecule has 2 rings (SSSR count). The van der Waals surface area contributed by atoms with Gasteiger partial charge in [0.25, 0.3) is 0 Å². The zero-order chi connectivity index (χ0) is 14.5. The van der Waals surface area contributed by atoms with E-state index in [9.17, 15) is 0 Å². The first-order valence-corrected chi connectivity index (χ1v) is 8.87. The molecular formula is C16H21NOS2. The van der Waals surface area contributed by atoms with Crippen molar-refractivity contribution in [1.29, 1.82) is 0 Å². The van der Waals surface area contributed by atoms with Crippen molar-refractivity contribution in [2.75, 3.05) is 6.26 Å². The lowest BCUT2D eigenvalue weighted by atomic mass is 10.1. The minimum absolute atomic E-state index is 0.00209. The highest BCUT2D eigenvalue weighted by molar-refractivity contribution is 7.98. The van der Waals surface area contributed by atoms with E-state index in [0.29, 0.717) is 0 Å². The number of benzene rings is 1. The highest BCUT2D eigenvalue weighted by atomic mass is 32.2. The van der Waals surface area contributed by atoms with Crippen LogP contribution in [0, 0.1) is 6.92 Å². The molecule has 0 amide bonds. The maximum absolute atomic E-state index is 6.29. The van der Waals surface area contributed by atoms with Crippen molar-refractivity contribution in [1.82, 2.24) is 0 Å². The van der Waals surface area contributed by atoms with Crippen LogP contribution in [0.15, 0.2) is 40.6 Å². The lowest BCUT2D eigenvalue weighted by molar-refractivity contribution is 0.169. The fourth-order valence-electron chi connectivity index (χ4n) is 2.08. The molecule has 0 saturated carbocycles. The predicted molar refractivity (Wildman–Crippen MR) is 88.9 cm³/mol. The fourth-order valence-corrected chi connectivity index (χ4v) is 3.64. The van der Waals surface area contributed by atoms with E-state index in [1.54, 1.807) is 23.1 Å². The molecule has 0 bridgehead atoms. The lowest BCUT2D eigenvalue weighted by Gasteiger charge is -2.25. The van der Waals surface area contributed by atoms with Crippen LogP contribution in [0.1, 0.15) is 29.9 Å².